The molecule has 0 unspecified atom stereocenters. The van der Waals surface area contributed by atoms with Crippen LogP contribution in [0.1, 0.15) is 30.1 Å². The van der Waals surface area contributed by atoms with Crippen LogP contribution in [0.4, 0.5) is 0 Å². The predicted molar refractivity (Wildman–Crippen MR) is 66.1 cm³/mol. The Kier molecular flexibility index (Phi) is 4.67. The summed E-state index contributed by atoms with van der Waals surface area (Å²) < 4.78 is 1.52. The standard InChI is InChI=1S/C11H10Br2O2/c1-2-7(14)6-10(15)8-4-3-5-9(12)11(8)13/h3-5H,2,6H2,1H3. The molecule has 0 saturated heterocycles. The number of carbonyl (C=O) groups is 2. The Morgan fingerprint density at radius 1 is 1.27 bits per heavy atom. The summed E-state index contributed by atoms with van der Waals surface area (Å²) in [6.45, 7) is 1.76. The highest BCUT2D eigenvalue weighted by Crippen LogP contribution is 2.27. The third-order valence-electron chi connectivity index (χ3n) is 2.00. The molecule has 0 fully saturated rings. The van der Waals surface area contributed by atoms with Crippen LogP contribution in [0.3, 0.4) is 0 Å². The Hall–Kier alpha value is -0.480. The van der Waals surface area contributed by atoms with Crippen LogP contribution in [0.15, 0.2) is 27.1 Å². The van der Waals surface area contributed by atoms with E-state index in [1.165, 1.54) is 0 Å². The zero-order valence-electron chi connectivity index (χ0n) is 8.22. The van der Waals surface area contributed by atoms with Crippen molar-refractivity contribution in [2.24, 2.45) is 0 Å². The molecule has 0 atom stereocenters. The van der Waals surface area contributed by atoms with Crippen molar-refractivity contribution in [3.05, 3.63) is 32.7 Å². The molecule has 0 N–H and O–H groups in total. The maximum Gasteiger partial charge on any atom is 0.171 e. The first kappa shape index (κ1) is 12.6. The second kappa shape index (κ2) is 5.56. The minimum atomic E-state index is -0.143. The highest BCUT2D eigenvalue weighted by atomic mass is 79.9. The second-order valence-corrected chi connectivity index (χ2v) is 4.74. The van der Waals surface area contributed by atoms with Gasteiger partial charge in [-0.15, -0.1) is 0 Å². The fourth-order valence-corrected chi connectivity index (χ4v) is 1.97. The minimum absolute atomic E-state index is 0.0223. The molecule has 80 valence electrons. The van der Waals surface area contributed by atoms with Crippen molar-refractivity contribution in [1.82, 2.24) is 0 Å². The third-order valence-corrected chi connectivity index (χ3v) is 4.05. The Labute approximate surface area is 105 Å². The molecule has 0 bridgehead atoms. The van der Waals surface area contributed by atoms with Crippen molar-refractivity contribution in [3.63, 3.8) is 0 Å². The third kappa shape index (κ3) is 3.24. The summed E-state index contributed by atoms with van der Waals surface area (Å²) >= 11 is 6.63. The Morgan fingerprint density at radius 3 is 2.53 bits per heavy atom. The van der Waals surface area contributed by atoms with E-state index in [1.54, 1.807) is 19.1 Å². The molecule has 1 aromatic rings. The number of rotatable bonds is 4. The minimum Gasteiger partial charge on any atom is -0.299 e. The van der Waals surface area contributed by atoms with Gasteiger partial charge in [0.1, 0.15) is 5.78 Å². The van der Waals surface area contributed by atoms with E-state index >= 15 is 0 Å². The highest BCUT2D eigenvalue weighted by Gasteiger charge is 2.14. The van der Waals surface area contributed by atoms with Crippen LogP contribution < -0.4 is 0 Å². The Bertz CT molecular complexity index is 400. The van der Waals surface area contributed by atoms with E-state index in [2.05, 4.69) is 31.9 Å². The van der Waals surface area contributed by atoms with Crippen LogP contribution in [-0.2, 0) is 4.79 Å². The molecular formula is C11H10Br2O2. The molecule has 1 aromatic carbocycles. The molecule has 0 aliphatic carbocycles. The lowest BCUT2D eigenvalue weighted by Crippen LogP contribution is -2.07. The number of ketones is 2. The molecule has 1 rings (SSSR count). The molecule has 0 saturated carbocycles. The lowest BCUT2D eigenvalue weighted by molar-refractivity contribution is -0.117. The fraction of sp³-hybridized carbons (Fsp3) is 0.273. The Balaban J connectivity index is 2.92. The van der Waals surface area contributed by atoms with Gasteiger partial charge in [-0.2, -0.15) is 0 Å². The smallest absolute Gasteiger partial charge is 0.171 e. The van der Waals surface area contributed by atoms with Gasteiger partial charge in [-0.3, -0.25) is 9.59 Å². The van der Waals surface area contributed by atoms with Crippen LogP contribution in [0.5, 0.6) is 0 Å². The van der Waals surface area contributed by atoms with Crippen LogP contribution in [0.2, 0.25) is 0 Å². The quantitative estimate of drug-likeness (QED) is 0.621. The molecule has 0 aliphatic heterocycles. The van der Waals surface area contributed by atoms with Gasteiger partial charge < -0.3 is 0 Å². The summed E-state index contributed by atoms with van der Waals surface area (Å²) in [5.74, 6) is -0.179. The summed E-state index contributed by atoms with van der Waals surface area (Å²) in [6, 6.07) is 5.32. The first-order chi connectivity index (χ1) is 7.06. The number of benzene rings is 1. The van der Waals surface area contributed by atoms with E-state index in [4.69, 9.17) is 0 Å². The summed E-state index contributed by atoms with van der Waals surface area (Å²) in [5.41, 5.74) is 0.547. The summed E-state index contributed by atoms with van der Waals surface area (Å²) in [5, 5.41) is 0. The van der Waals surface area contributed by atoms with Crippen molar-refractivity contribution in [3.8, 4) is 0 Å². The van der Waals surface area contributed by atoms with Gasteiger partial charge in [0.05, 0.1) is 6.42 Å². The van der Waals surface area contributed by atoms with Crippen LogP contribution >= 0.6 is 31.9 Å². The summed E-state index contributed by atoms with van der Waals surface area (Å²) in [6.07, 6.45) is 0.378. The molecule has 0 radical (unpaired) electrons. The zero-order chi connectivity index (χ0) is 11.4. The van der Waals surface area contributed by atoms with Gasteiger partial charge in [0.25, 0.3) is 0 Å². The van der Waals surface area contributed by atoms with Crippen molar-refractivity contribution < 1.29 is 9.59 Å². The Morgan fingerprint density at radius 2 is 1.93 bits per heavy atom. The van der Waals surface area contributed by atoms with Crippen molar-refractivity contribution in [2.75, 3.05) is 0 Å². The van der Waals surface area contributed by atoms with Gasteiger partial charge in [0, 0.05) is 20.9 Å². The van der Waals surface area contributed by atoms with Gasteiger partial charge in [0.15, 0.2) is 5.78 Å². The van der Waals surface area contributed by atoms with Crippen molar-refractivity contribution in [1.29, 1.82) is 0 Å². The lowest BCUT2D eigenvalue weighted by atomic mass is 10.1. The molecule has 2 nitrogen and oxygen atoms in total. The molecule has 0 heterocycles. The average molecular weight is 334 g/mol. The summed E-state index contributed by atoms with van der Waals surface area (Å²) in [4.78, 5) is 22.9. The number of hydrogen-bond donors (Lipinski definition) is 0. The van der Waals surface area contributed by atoms with Gasteiger partial charge >= 0.3 is 0 Å². The normalized spacial score (nSPS) is 10.1. The molecule has 0 aliphatic rings. The zero-order valence-corrected chi connectivity index (χ0v) is 11.4. The monoisotopic (exact) mass is 332 g/mol. The maximum absolute atomic E-state index is 11.7. The molecular weight excluding hydrogens is 324 g/mol. The van der Waals surface area contributed by atoms with E-state index in [1.807, 2.05) is 6.07 Å². The summed E-state index contributed by atoms with van der Waals surface area (Å²) in [7, 11) is 0. The first-order valence-electron chi connectivity index (χ1n) is 4.55. The molecule has 0 amide bonds. The maximum atomic E-state index is 11.7. The topological polar surface area (TPSA) is 34.1 Å². The van der Waals surface area contributed by atoms with Crippen molar-refractivity contribution >= 4 is 43.4 Å². The van der Waals surface area contributed by atoms with Crippen LogP contribution in [0, 0.1) is 0 Å². The highest BCUT2D eigenvalue weighted by molar-refractivity contribution is 9.13. The van der Waals surface area contributed by atoms with E-state index in [9.17, 15) is 9.59 Å². The van der Waals surface area contributed by atoms with E-state index < -0.39 is 0 Å². The van der Waals surface area contributed by atoms with Gasteiger partial charge in [-0.05, 0) is 37.9 Å². The van der Waals surface area contributed by atoms with E-state index in [0.29, 0.717) is 16.5 Å². The molecule has 15 heavy (non-hydrogen) atoms. The molecule has 0 spiro atoms. The fourth-order valence-electron chi connectivity index (χ4n) is 1.12. The SMILES string of the molecule is CCC(=O)CC(=O)c1cccc(Br)c1Br. The van der Waals surface area contributed by atoms with Crippen LogP contribution in [0.25, 0.3) is 0 Å². The van der Waals surface area contributed by atoms with Gasteiger partial charge in [0.2, 0.25) is 0 Å². The number of Topliss-reactive ketones (excluding diaryl/α,β-unsaturated/α-hetero) is 2. The average Bonchev–Trinajstić information content (AvgIpc) is 2.21. The first-order valence-corrected chi connectivity index (χ1v) is 6.13. The number of carbonyl (C=O) groups excluding carboxylic acids is 2. The number of halogens is 2. The van der Waals surface area contributed by atoms with E-state index in [0.717, 1.165) is 4.47 Å². The molecule has 4 heteroatoms. The van der Waals surface area contributed by atoms with Gasteiger partial charge in [-0.25, -0.2) is 0 Å². The predicted octanol–water partition coefficient (Wildman–Crippen LogP) is 3.76. The molecule has 0 aromatic heterocycles. The lowest BCUT2D eigenvalue weighted by Gasteiger charge is -2.04. The van der Waals surface area contributed by atoms with E-state index in [-0.39, 0.29) is 18.0 Å². The second-order valence-electron chi connectivity index (χ2n) is 3.09. The largest absolute Gasteiger partial charge is 0.299 e. The van der Waals surface area contributed by atoms with Gasteiger partial charge in [-0.1, -0.05) is 19.1 Å². The number of hydrogen-bond acceptors (Lipinski definition) is 2. The van der Waals surface area contributed by atoms with Crippen LogP contribution in [-0.4, -0.2) is 11.6 Å². The van der Waals surface area contributed by atoms with Crippen molar-refractivity contribution in [2.45, 2.75) is 19.8 Å².